The Kier molecular flexibility index (Phi) is 12.4. The number of aliphatic carboxylic acids is 2. The SMILES string of the molecule is COc1ccc(F)cc1OCCNC(C)Cc1ccc(OC)c(S(=O)(=O)N2CCOCC2)c1.O=C(O)C(=O)O. The molecule has 0 bridgehead atoms. The van der Waals surface area contributed by atoms with E-state index in [1.54, 1.807) is 12.1 Å². The van der Waals surface area contributed by atoms with Crippen molar-refractivity contribution in [1.82, 2.24) is 9.62 Å². The molecule has 1 saturated heterocycles. The van der Waals surface area contributed by atoms with Gasteiger partial charge in [0.1, 0.15) is 23.1 Å². The highest BCUT2D eigenvalue weighted by Gasteiger charge is 2.29. The molecule has 1 heterocycles. The van der Waals surface area contributed by atoms with Crippen LogP contribution in [0.15, 0.2) is 41.3 Å². The largest absolute Gasteiger partial charge is 0.495 e. The Morgan fingerprint density at radius 2 is 1.64 bits per heavy atom. The maximum atomic E-state index is 13.4. The Labute approximate surface area is 226 Å². The number of hydrogen-bond donors (Lipinski definition) is 3. The molecule has 0 spiro atoms. The molecule has 0 amide bonds. The molecule has 12 nitrogen and oxygen atoms in total. The van der Waals surface area contributed by atoms with Gasteiger partial charge in [0.2, 0.25) is 10.0 Å². The molecule has 0 aliphatic carbocycles. The van der Waals surface area contributed by atoms with Crippen molar-refractivity contribution in [1.29, 1.82) is 0 Å². The number of nitrogens with one attached hydrogen (secondary N) is 1. The van der Waals surface area contributed by atoms with Crippen LogP contribution < -0.4 is 19.5 Å². The van der Waals surface area contributed by atoms with Gasteiger partial charge in [-0.2, -0.15) is 4.31 Å². The first-order valence-electron chi connectivity index (χ1n) is 11.9. The third-order valence-electron chi connectivity index (χ3n) is 5.52. The van der Waals surface area contributed by atoms with Crippen molar-refractivity contribution in [2.24, 2.45) is 0 Å². The van der Waals surface area contributed by atoms with Crippen LogP contribution >= 0.6 is 0 Å². The van der Waals surface area contributed by atoms with Crippen molar-refractivity contribution in [2.75, 3.05) is 53.7 Å². The van der Waals surface area contributed by atoms with Crippen molar-refractivity contribution in [3.8, 4) is 17.2 Å². The lowest BCUT2D eigenvalue weighted by Crippen LogP contribution is -2.40. The minimum atomic E-state index is -3.68. The standard InChI is InChI=1S/C23H31FN2O6S.C2H2O4/c1-17(25-8-11-32-22-16-19(24)5-7-20(22)29-2)14-18-4-6-21(30-3)23(15-18)33(27,28)26-9-12-31-13-10-26;3-1(4)2(5)6/h4-7,15-17,25H,8-14H2,1-3H3;(H,3,4)(H,5,6). The smallest absolute Gasteiger partial charge is 0.414 e. The molecule has 2 aromatic carbocycles. The van der Waals surface area contributed by atoms with Crippen LogP contribution in [0.4, 0.5) is 4.39 Å². The number of carboxylic acids is 2. The summed E-state index contributed by atoms with van der Waals surface area (Å²) in [6.45, 7) is 4.26. The van der Waals surface area contributed by atoms with Gasteiger partial charge in [0.25, 0.3) is 0 Å². The molecule has 216 valence electrons. The second-order valence-electron chi connectivity index (χ2n) is 8.31. The number of nitrogens with zero attached hydrogens (tertiary/aromatic N) is 1. The number of sulfonamides is 1. The Hall–Kier alpha value is -3.46. The Morgan fingerprint density at radius 1 is 1.03 bits per heavy atom. The summed E-state index contributed by atoms with van der Waals surface area (Å²) in [5, 5.41) is 18.1. The van der Waals surface area contributed by atoms with Gasteiger partial charge in [-0.1, -0.05) is 6.07 Å². The number of hydrogen-bond acceptors (Lipinski definition) is 9. The third-order valence-corrected chi connectivity index (χ3v) is 7.44. The van der Waals surface area contributed by atoms with Gasteiger partial charge in [0, 0.05) is 31.7 Å². The van der Waals surface area contributed by atoms with Gasteiger partial charge in [-0.15, -0.1) is 0 Å². The predicted octanol–water partition coefficient (Wildman–Crippen LogP) is 1.62. The average Bonchev–Trinajstić information content (AvgIpc) is 2.92. The zero-order valence-electron chi connectivity index (χ0n) is 21.9. The van der Waals surface area contributed by atoms with Crippen LogP contribution in [0.2, 0.25) is 0 Å². The van der Waals surface area contributed by atoms with E-state index in [9.17, 15) is 12.8 Å². The van der Waals surface area contributed by atoms with E-state index in [4.69, 9.17) is 38.7 Å². The zero-order chi connectivity index (χ0) is 29.0. The number of carboxylic acid groups (broad SMARTS) is 2. The number of halogens is 1. The summed E-state index contributed by atoms with van der Waals surface area (Å²) in [5.74, 6) is -2.90. The van der Waals surface area contributed by atoms with E-state index in [1.807, 2.05) is 13.0 Å². The van der Waals surface area contributed by atoms with Gasteiger partial charge >= 0.3 is 11.9 Å². The quantitative estimate of drug-likeness (QED) is 0.265. The van der Waals surface area contributed by atoms with Crippen molar-refractivity contribution < 1.29 is 51.6 Å². The van der Waals surface area contributed by atoms with Crippen LogP contribution in [0, 0.1) is 5.82 Å². The lowest BCUT2D eigenvalue weighted by Gasteiger charge is -2.27. The first-order valence-corrected chi connectivity index (χ1v) is 13.3. The van der Waals surface area contributed by atoms with Crippen molar-refractivity contribution in [2.45, 2.75) is 24.3 Å². The number of ether oxygens (including phenoxy) is 4. The van der Waals surface area contributed by atoms with Gasteiger partial charge in [-0.05, 0) is 43.2 Å². The van der Waals surface area contributed by atoms with Crippen LogP contribution in [0.25, 0.3) is 0 Å². The lowest BCUT2D eigenvalue weighted by atomic mass is 10.1. The van der Waals surface area contributed by atoms with Gasteiger partial charge < -0.3 is 34.5 Å². The Balaban J connectivity index is 0.000000798. The monoisotopic (exact) mass is 572 g/mol. The molecular formula is C25H33FN2O10S. The van der Waals surface area contributed by atoms with E-state index in [1.165, 1.54) is 36.7 Å². The maximum absolute atomic E-state index is 13.4. The van der Waals surface area contributed by atoms with Crippen molar-refractivity contribution in [3.63, 3.8) is 0 Å². The molecule has 1 aliphatic heterocycles. The second kappa shape index (κ2) is 15.2. The fourth-order valence-electron chi connectivity index (χ4n) is 3.63. The van der Waals surface area contributed by atoms with Gasteiger partial charge in [-0.25, -0.2) is 22.4 Å². The van der Waals surface area contributed by atoms with E-state index >= 15 is 0 Å². The number of benzene rings is 2. The molecule has 14 heteroatoms. The normalized spacial score (nSPS) is 14.5. The van der Waals surface area contributed by atoms with Crippen LogP contribution in [0.1, 0.15) is 12.5 Å². The minimum Gasteiger partial charge on any atom is -0.495 e. The molecule has 0 aromatic heterocycles. The van der Waals surface area contributed by atoms with Gasteiger partial charge in [-0.3, -0.25) is 0 Å². The third kappa shape index (κ3) is 9.66. The molecule has 0 radical (unpaired) electrons. The van der Waals surface area contributed by atoms with E-state index < -0.39 is 27.8 Å². The molecule has 1 atom stereocenters. The van der Waals surface area contributed by atoms with Gasteiger partial charge in [0.15, 0.2) is 11.5 Å². The Morgan fingerprint density at radius 3 is 2.23 bits per heavy atom. The highest BCUT2D eigenvalue weighted by Crippen LogP contribution is 2.29. The molecule has 1 aliphatic rings. The van der Waals surface area contributed by atoms with Crippen molar-refractivity contribution in [3.05, 3.63) is 47.8 Å². The fraction of sp³-hybridized carbons (Fsp3) is 0.440. The molecule has 3 N–H and O–H groups in total. The Bertz CT molecular complexity index is 1210. The molecule has 3 rings (SSSR count). The topological polar surface area (TPSA) is 161 Å². The highest BCUT2D eigenvalue weighted by molar-refractivity contribution is 7.89. The summed E-state index contributed by atoms with van der Waals surface area (Å²) in [4.78, 5) is 18.4. The fourth-order valence-corrected chi connectivity index (χ4v) is 5.24. The number of methoxy groups -OCH3 is 2. The summed E-state index contributed by atoms with van der Waals surface area (Å²) >= 11 is 0. The van der Waals surface area contributed by atoms with Crippen LogP contribution in [0.5, 0.6) is 17.2 Å². The first-order chi connectivity index (χ1) is 18.5. The number of morpholine rings is 1. The zero-order valence-corrected chi connectivity index (χ0v) is 22.7. The molecule has 2 aromatic rings. The van der Waals surface area contributed by atoms with Crippen LogP contribution in [-0.4, -0.2) is 94.6 Å². The van der Waals surface area contributed by atoms with E-state index in [-0.39, 0.29) is 10.9 Å². The maximum Gasteiger partial charge on any atom is 0.414 e. The van der Waals surface area contributed by atoms with Gasteiger partial charge in [0.05, 0.1) is 27.4 Å². The van der Waals surface area contributed by atoms with Crippen LogP contribution in [-0.2, 0) is 30.8 Å². The first kappa shape index (κ1) is 31.8. The average molecular weight is 573 g/mol. The van der Waals surface area contributed by atoms with E-state index in [0.29, 0.717) is 63.1 Å². The molecule has 0 saturated carbocycles. The minimum absolute atomic E-state index is 0.0512. The number of carbonyl (C=O) groups is 2. The molecule has 1 fully saturated rings. The summed E-state index contributed by atoms with van der Waals surface area (Å²) in [5.41, 5.74) is 0.871. The molecule has 1 unspecified atom stereocenters. The van der Waals surface area contributed by atoms with E-state index in [0.717, 1.165) is 5.56 Å². The molecular weight excluding hydrogens is 539 g/mol. The summed E-state index contributed by atoms with van der Waals surface area (Å²) < 4.78 is 62.6. The predicted molar refractivity (Wildman–Crippen MR) is 137 cm³/mol. The molecule has 39 heavy (non-hydrogen) atoms. The summed E-state index contributed by atoms with van der Waals surface area (Å²) in [6, 6.07) is 9.40. The van der Waals surface area contributed by atoms with Crippen molar-refractivity contribution >= 4 is 22.0 Å². The number of rotatable bonds is 11. The summed E-state index contributed by atoms with van der Waals surface area (Å²) in [7, 11) is -0.713. The van der Waals surface area contributed by atoms with E-state index in [2.05, 4.69) is 5.32 Å². The van der Waals surface area contributed by atoms with Crippen LogP contribution in [0.3, 0.4) is 0 Å². The summed E-state index contributed by atoms with van der Waals surface area (Å²) in [6.07, 6.45) is 0.610. The lowest BCUT2D eigenvalue weighted by molar-refractivity contribution is -0.159. The second-order valence-corrected chi connectivity index (χ2v) is 10.2. The highest BCUT2D eigenvalue weighted by atomic mass is 32.2.